The van der Waals surface area contributed by atoms with Crippen LogP contribution in [0.2, 0.25) is 10.0 Å². The number of hydrazone groups is 1. The molecule has 0 saturated heterocycles. The highest BCUT2D eigenvalue weighted by atomic mass is 79.9. The Morgan fingerprint density at radius 2 is 1.97 bits per heavy atom. The molecule has 0 spiro atoms. The number of hydrogen-bond acceptors (Lipinski definition) is 5. The molecular weight excluding hydrogens is 497 g/mol. The zero-order valence-electron chi connectivity index (χ0n) is 16.3. The Hall–Kier alpha value is -2.29. The van der Waals surface area contributed by atoms with Crippen molar-refractivity contribution in [2.75, 3.05) is 20.3 Å². The first-order valence-electron chi connectivity index (χ1n) is 8.91. The Bertz CT molecular complexity index is 954. The Kier molecular flexibility index (Phi) is 9.42. The van der Waals surface area contributed by atoms with E-state index >= 15 is 0 Å². The second kappa shape index (κ2) is 11.8. The van der Waals surface area contributed by atoms with E-state index in [0.717, 1.165) is 0 Å². The van der Waals surface area contributed by atoms with Crippen molar-refractivity contribution in [2.24, 2.45) is 5.10 Å². The lowest BCUT2D eigenvalue weighted by atomic mass is 10.2. The number of nitrogens with one attached hydrogen (secondary N) is 2. The van der Waals surface area contributed by atoms with Crippen LogP contribution in [0.1, 0.15) is 29.3 Å². The number of ether oxygens (including phenoxy) is 2. The first kappa shape index (κ1) is 24.0. The van der Waals surface area contributed by atoms with E-state index in [9.17, 15) is 9.59 Å². The highest BCUT2D eigenvalue weighted by Gasteiger charge is 2.11. The van der Waals surface area contributed by atoms with Gasteiger partial charge < -0.3 is 14.8 Å². The summed E-state index contributed by atoms with van der Waals surface area (Å²) in [4.78, 5) is 24.0. The van der Waals surface area contributed by atoms with Gasteiger partial charge in [-0.3, -0.25) is 9.59 Å². The average molecular weight is 517 g/mol. The Balaban J connectivity index is 1.85. The first-order chi connectivity index (χ1) is 14.3. The third-order valence-electron chi connectivity index (χ3n) is 3.76. The SMILES string of the molecule is CCOc1cc(C=NNC(=O)CCNC(=O)c2ccc(Cl)c(Cl)c2)cc(Br)c1OC. The molecular formula is C20H20BrCl2N3O4. The van der Waals surface area contributed by atoms with Crippen molar-refractivity contribution in [3.05, 3.63) is 56.0 Å². The van der Waals surface area contributed by atoms with E-state index in [1.54, 1.807) is 25.3 Å². The molecule has 0 aliphatic carbocycles. The zero-order valence-corrected chi connectivity index (χ0v) is 19.4. The number of carbonyl (C=O) groups is 2. The van der Waals surface area contributed by atoms with E-state index in [1.165, 1.54) is 18.3 Å². The predicted octanol–water partition coefficient (Wildman–Crippen LogP) is 4.43. The summed E-state index contributed by atoms with van der Waals surface area (Å²) >= 11 is 15.1. The number of rotatable bonds is 9. The van der Waals surface area contributed by atoms with Gasteiger partial charge in [0.15, 0.2) is 11.5 Å². The third kappa shape index (κ3) is 6.90. The summed E-state index contributed by atoms with van der Waals surface area (Å²) in [5, 5.41) is 7.22. The van der Waals surface area contributed by atoms with Gasteiger partial charge in [-0.1, -0.05) is 23.2 Å². The molecule has 0 fully saturated rings. The lowest BCUT2D eigenvalue weighted by Crippen LogP contribution is -2.29. The van der Waals surface area contributed by atoms with Gasteiger partial charge in [0.1, 0.15) is 0 Å². The van der Waals surface area contributed by atoms with Crippen molar-refractivity contribution in [1.29, 1.82) is 0 Å². The molecule has 10 heteroatoms. The van der Waals surface area contributed by atoms with Gasteiger partial charge in [0, 0.05) is 18.5 Å². The minimum absolute atomic E-state index is 0.0565. The Morgan fingerprint density at radius 3 is 2.63 bits per heavy atom. The van der Waals surface area contributed by atoms with Crippen molar-refractivity contribution in [3.63, 3.8) is 0 Å². The van der Waals surface area contributed by atoms with Crippen molar-refractivity contribution < 1.29 is 19.1 Å². The minimum Gasteiger partial charge on any atom is -0.492 e. The summed E-state index contributed by atoms with van der Waals surface area (Å²) in [6.07, 6.45) is 1.54. The molecule has 30 heavy (non-hydrogen) atoms. The van der Waals surface area contributed by atoms with Gasteiger partial charge in [-0.2, -0.15) is 5.10 Å². The zero-order chi connectivity index (χ0) is 22.1. The molecule has 2 aromatic rings. The van der Waals surface area contributed by atoms with Crippen LogP contribution in [-0.2, 0) is 4.79 Å². The Labute approximate surface area is 192 Å². The number of nitrogens with zero attached hydrogens (tertiary/aromatic N) is 1. The van der Waals surface area contributed by atoms with Gasteiger partial charge in [-0.05, 0) is 58.7 Å². The largest absolute Gasteiger partial charge is 0.492 e. The van der Waals surface area contributed by atoms with E-state index in [-0.39, 0.29) is 29.8 Å². The van der Waals surface area contributed by atoms with Gasteiger partial charge >= 0.3 is 0 Å². The fourth-order valence-corrected chi connectivity index (χ4v) is 3.31. The summed E-state index contributed by atoms with van der Waals surface area (Å²) in [6, 6.07) is 8.09. The number of benzene rings is 2. The Morgan fingerprint density at radius 1 is 1.20 bits per heavy atom. The van der Waals surface area contributed by atoms with Crippen LogP contribution < -0.4 is 20.2 Å². The second-order valence-electron chi connectivity index (χ2n) is 5.90. The summed E-state index contributed by atoms with van der Waals surface area (Å²) in [6.45, 7) is 2.49. The monoisotopic (exact) mass is 515 g/mol. The van der Waals surface area contributed by atoms with Gasteiger partial charge in [-0.25, -0.2) is 5.43 Å². The topological polar surface area (TPSA) is 89.0 Å². The van der Waals surface area contributed by atoms with E-state index < -0.39 is 0 Å². The minimum atomic E-state index is -0.351. The van der Waals surface area contributed by atoms with Crippen LogP contribution in [-0.4, -0.2) is 38.3 Å². The maximum absolute atomic E-state index is 12.1. The normalized spacial score (nSPS) is 10.7. The van der Waals surface area contributed by atoms with Gasteiger partial charge in [0.05, 0.1) is 34.4 Å². The summed E-state index contributed by atoms with van der Waals surface area (Å²) in [7, 11) is 1.55. The van der Waals surface area contributed by atoms with Crippen LogP contribution in [0.4, 0.5) is 0 Å². The maximum atomic E-state index is 12.1. The molecule has 2 amide bonds. The molecule has 0 heterocycles. The smallest absolute Gasteiger partial charge is 0.251 e. The molecule has 0 bridgehead atoms. The number of carbonyl (C=O) groups excluding carboxylic acids is 2. The third-order valence-corrected chi connectivity index (χ3v) is 5.09. The molecule has 0 atom stereocenters. The first-order valence-corrected chi connectivity index (χ1v) is 10.5. The van der Waals surface area contributed by atoms with Crippen LogP contribution in [0.15, 0.2) is 39.9 Å². The standard InChI is InChI=1S/C20H20BrCl2N3O4/c1-3-30-17-9-12(8-14(21)19(17)29-2)11-25-26-18(27)6-7-24-20(28)13-4-5-15(22)16(23)10-13/h4-5,8-11H,3,6-7H2,1-2H3,(H,24,28)(H,26,27). The van der Waals surface area contributed by atoms with Crippen molar-refractivity contribution in [1.82, 2.24) is 10.7 Å². The molecule has 2 N–H and O–H groups in total. The van der Waals surface area contributed by atoms with Gasteiger partial charge in [0.25, 0.3) is 5.91 Å². The molecule has 160 valence electrons. The van der Waals surface area contributed by atoms with Crippen LogP contribution in [0.5, 0.6) is 11.5 Å². The lowest BCUT2D eigenvalue weighted by Gasteiger charge is -2.11. The van der Waals surface area contributed by atoms with Crippen molar-refractivity contribution in [2.45, 2.75) is 13.3 Å². The van der Waals surface area contributed by atoms with E-state index in [0.29, 0.717) is 38.7 Å². The van der Waals surface area contributed by atoms with Crippen molar-refractivity contribution in [3.8, 4) is 11.5 Å². The van der Waals surface area contributed by atoms with Gasteiger partial charge in [-0.15, -0.1) is 0 Å². The summed E-state index contributed by atoms with van der Waals surface area (Å²) in [5.41, 5.74) is 3.48. The van der Waals surface area contributed by atoms with Crippen LogP contribution in [0.3, 0.4) is 0 Å². The second-order valence-corrected chi connectivity index (χ2v) is 7.56. The molecule has 0 aliphatic heterocycles. The highest BCUT2D eigenvalue weighted by molar-refractivity contribution is 9.10. The highest BCUT2D eigenvalue weighted by Crippen LogP contribution is 2.36. The fraction of sp³-hybridized carbons (Fsp3) is 0.250. The number of halogens is 3. The van der Waals surface area contributed by atoms with Gasteiger partial charge in [0.2, 0.25) is 5.91 Å². The molecule has 2 aromatic carbocycles. The molecule has 0 unspecified atom stereocenters. The van der Waals surface area contributed by atoms with Crippen LogP contribution >= 0.6 is 39.1 Å². The van der Waals surface area contributed by atoms with Crippen LogP contribution in [0.25, 0.3) is 0 Å². The molecule has 0 aliphatic rings. The summed E-state index contributed by atoms with van der Waals surface area (Å²) in [5.74, 6) is 0.442. The number of methoxy groups -OCH3 is 1. The number of hydrogen-bond donors (Lipinski definition) is 2. The van der Waals surface area contributed by atoms with Crippen LogP contribution in [0, 0.1) is 0 Å². The summed E-state index contributed by atoms with van der Waals surface area (Å²) < 4.78 is 11.5. The molecule has 0 radical (unpaired) electrons. The predicted molar refractivity (Wildman–Crippen MR) is 121 cm³/mol. The molecule has 0 saturated carbocycles. The molecule has 2 rings (SSSR count). The average Bonchev–Trinajstić information content (AvgIpc) is 2.70. The fourth-order valence-electron chi connectivity index (χ4n) is 2.39. The molecule has 7 nitrogen and oxygen atoms in total. The molecule has 0 aromatic heterocycles. The lowest BCUT2D eigenvalue weighted by molar-refractivity contribution is -0.120. The van der Waals surface area contributed by atoms with E-state index in [2.05, 4.69) is 31.8 Å². The maximum Gasteiger partial charge on any atom is 0.251 e. The van der Waals surface area contributed by atoms with E-state index in [1.807, 2.05) is 6.92 Å². The van der Waals surface area contributed by atoms with E-state index in [4.69, 9.17) is 32.7 Å². The number of amides is 2. The quantitative estimate of drug-likeness (QED) is 0.381. The van der Waals surface area contributed by atoms with Crippen molar-refractivity contribution >= 4 is 57.2 Å².